The van der Waals surface area contributed by atoms with Crippen LogP contribution in [0.1, 0.15) is 26.3 Å². The first-order valence-corrected chi connectivity index (χ1v) is 7.94. The maximum absolute atomic E-state index is 12.3. The predicted molar refractivity (Wildman–Crippen MR) is 79.8 cm³/mol. The van der Waals surface area contributed by atoms with Crippen molar-refractivity contribution in [2.24, 2.45) is 0 Å². The molecule has 112 valence electrons. The largest absolute Gasteiger partial charge is 0.444 e. The van der Waals surface area contributed by atoms with Gasteiger partial charge in [-0.05, 0) is 26.3 Å². The minimum atomic E-state index is -1.49. The molecule has 6 heteroatoms. The normalized spacial score (nSPS) is 12.8. The van der Waals surface area contributed by atoms with Crippen molar-refractivity contribution in [3.05, 3.63) is 35.9 Å². The maximum atomic E-state index is 12.3. The Balaban J connectivity index is 2.51. The Labute approximate surface area is 123 Å². The van der Waals surface area contributed by atoms with Crippen LogP contribution in [-0.2, 0) is 22.5 Å². The zero-order valence-electron chi connectivity index (χ0n) is 12.3. The first-order valence-electron chi connectivity index (χ1n) is 6.83. The lowest BCUT2D eigenvalue weighted by Gasteiger charge is -2.31. The number of benzene rings is 1. The molecular formula is C14H23N2O3S+. The van der Waals surface area contributed by atoms with Gasteiger partial charge in [0.2, 0.25) is 0 Å². The van der Waals surface area contributed by atoms with E-state index in [4.69, 9.17) is 4.74 Å². The summed E-state index contributed by atoms with van der Waals surface area (Å²) in [6, 6.07) is 9.39. The van der Waals surface area contributed by atoms with Crippen LogP contribution in [0.2, 0.25) is 0 Å². The summed E-state index contributed by atoms with van der Waals surface area (Å²) in [5, 5.41) is 0. The molecule has 0 fully saturated rings. The lowest BCUT2D eigenvalue weighted by atomic mass is 10.2. The molecule has 0 saturated carbocycles. The highest BCUT2D eigenvalue weighted by Crippen LogP contribution is 2.09. The van der Waals surface area contributed by atoms with Gasteiger partial charge in [-0.25, -0.2) is 8.68 Å². The summed E-state index contributed by atoms with van der Waals surface area (Å²) >= 11 is -1.49. The van der Waals surface area contributed by atoms with E-state index in [0.717, 1.165) is 5.56 Å². The summed E-state index contributed by atoms with van der Waals surface area (Å²) in [7, 11) is 0. The lowest BCUT2D eigenvalue weighted by Crippen LogP contribution is -2.54. The first-order chi connectivity index (χ1) is 9.57. The van der Waals surface area contributed by atoms with E-state index in [1.807, 2.05) is 51.1 Å². The van der Waals surface area contributed by atoms with E-state index in [2.05, 4.69) is 4.72 Å². The third-order valence-corrected chi connectivity index (χ3v) is 5.28. The molecule has 0 aliphatic heterocycles. The standard InChI is InChI=1S/C14H22N2O3S/c1-4-16(5-2,6-3)20(18)15-14(17)19-12-13-10-8-7-9-11-13/h7-11H,4-6,12H2,1-3H3/p+1. The van der Waals surface area contributed by atoms with E-state index < -0.39 is 17.3 Å². The summed E-state index contributed by atoms with van der Waals surface area (Å²) < 4.78 is 20.1. The molecular weight excluding hydrogens is 276 g/mol. The molecule has 0 saturated heterocycles. The Morgan fingerprint density at radius 2 is 1.70 bits per heavy atom. The van der Waals surface area contributed by atoms with Crippen molar-refractivity contribution in [2.75, 3.05) is 19.6 Å². The van der Waals surface area contributed by atoms with Crippen LogP contribution in [0, 0.1) is 0 Å². The number of rotatable bonds is 7. The topological polar surface area (TPSA) is 55.4 Å². The van der Waals surface area contributed by atoms with Crippen molar-refractivity contribution in [2.45, 2.75) is 27.4 Å². The molecule has 1 unspecified atom stereocenters. The van der Waals surface area contributed by atoms with Gasteiger partial charge in [-0.15, -0.1) is 0 Å². The summed E-state index contributed by atoms with van der Waals surface area (Å²) in [6.07, 6.45) is -0.648. The molecule has 0 radical (unpaired) electrons. The van der Waals surface area contributed by atoms with Gasteiger partial charge in [-0.2, -0.15) is 8.93 Å². The number of hydrogen-bond acceptors (Lipinski definition) is 3. The number of nitrogens with zero attached hydrogens (tertiary/aromatic N) is 1. The van der Waals surface area contributed by atoms with Crippen LogP contribution >= 0.6 is 0 Å². The Kier molecular flexibility index (Phi) is 6.67. The molecule has 0 spiro atoms. The molecule has 1 aromatic carbocycles. The summed E-state index contributed by atoms with van der Waals surface area (Å²) in [5.41, 5.74) is 0.899. The van der Waals surface area contributed by atoms with E-state index in [0.29, 0.717) is 23.5 Å². The quantitative estimate of drug-likeness (QED) is 0.786. The number of carbonyl (C=O) groups excluding carboxylic acids is 1. The molecule has 5 nitrogen and oxygen atoms in total. The average molecular weight is 299 g/mol. The molecule has 0 aliphatic carbocycles. The fourth-order valence-electron chi connectivity index (χ4n) is 1.94. The molecule has 1 N–H and O–H groups in total. The number of nitrogens with one attached hydrogen (secondary N) is 1. The van der Waals surface area contributed by atoms with Gasteiger partial charge in [-0.1, -0.05) is 30.3 Å². The fourth-order valence-corrected chi connectivity index (χ4v) is 3.04. The van der Waals surface area contributed by atoms with Crippen molar-refractivity contribution >= 4 is 17.3 Å². The van der Waals surface area contributed by atoms with E-state index in [-0.39, 0.29) is 6.61 Å². The first kappa shape index (κ1) is 16.7. The maximum Gasteiger partial charge on any atom is 0.423 e. The number of carbonyl (C=O) groups is 1. The van der Waals surface area contributed by atoms with Crippen LogP contribution in [0.15, 0.2) is 30.3 Å². The molecule has 1 amide bonds. The number of quaternary nitrogens is 1. The predicted octanol–water partition coefficient (Wildman–Crippen LogP) is 2.37. The molecule has 0 aromatic heterocycles. The Hall–Kier alpha value is -1.40. The van der Waals surface area contributed by atoms with Crippen molar-refractivity contribution in [3.63, 3.8) is 0 Å². The molecule has 20 heavy (non-hydrogen) atoms. The highest BCUT2D eigenvalue weighted by molar-refractivity contribution is 7.77. The molecule has 1 atom stereocenters. The van der Waals surface area contributed by atoms with Crippen LogP contribution < -0.4 is 4.72 Å². The van der Waals surface area contributed by atoms with Crippen molar-refractivity contribution in [3.8, 4) is 0 Å². The van der Waals surface area contributed by atoms with Crippen molar-refractivity contribution in [1.29, 1.82) is 0 Å². The fraction of sp³-hybridized carbons (Fsp3) is 0.500. The smallest absolute Gasteiger partial charge is 0.423 e. The highest BCUT2D eigenvalue weighted by Gasteiger charge is 2.31. The van der Waals surface area contributed by atoms with Gasteiger partial charge >= 0.3 is 17.3 Å². The van der Waals surface area contributed by atoms with Gasteiger partial charge in [0.1, 0.15) is 6.61 Å². The van der Waals surface area contributed by atoms with Gasteiger partial charge < -0.3 is 4.74 Å². The van der Waals surface area contributed by atoms with E-state index in [1.54, 1.807) is 0 Å². The van der Waals surface area contributed by atoms with Crippen LogP contribution in [-0.4, -0.2) is 33.8 Å². The summed E-state index contributed by atoms with van der Waals surface area (Å²) in [5.74, 6) is 0. The van der Waals surface area contributed by atoms with Gasteiger partial charge in [0, 0.05) is 0 Å². The second-order valence-corrected chi connectivity index (χ2v) is 5.90. The van der Waals surface area contributed by atoms with Gasteiger partial charge in [0.15, 0.2) is 0 Å². The van der Waals surface area contributed by atoms with Crippen molar-refractivity contribution in [1.82, 2.24) is 4.72 Å². The molecule has 1 aromatic rings. The molecule has 0 bridgehead atoms. The summed E-state index contributed by atoms with van der Waals surface area (Å²) in [4.78, 5) is 11.7. The zero-order chi connectivity index (χ0) is 15.0. The second-order valence-electron chi connectivity index (χ2n) is 4.42. The van der Waals surface area contributed by atoms with Gasteiger partial charge in [0.05, 0.1) is 19.6 Å². The van der Waals surface area contributed by atoms with Crippen molar-refractivity contribution < 1.29 is 17.6 Å². The monoisotopic (exact) mass is 299 g/mol. The van der Waals surface area contributed by atoms with Crippen LogP contribution in [0.25, 0.3) is 0 Å². The molecule has 0 aliphatic rings. The average Bonchev–Trinajstić information content (AvgIpc) is 2.48. The number of ether oxygens (including phenoxy) is 1. The Morgan fingerprint density at radius 3 is 2.20 bits per heavy atom. The Bertz CT molecular complexity index is 439. The van der Waals surface area contributed by atoms with Gasteiger partial charge in [-0.3, -0.25) is 0 Å². The number of hydrogen-bond donors (Lipinski definition) is 1. The minimum Gasteiger partial charge on any atom is -0.444 e. The SMILES string of the molecule is CC[N+](CC)(CC)S(=O)NC(=O)OCc1ccccc1. The highest BCUT2D eigenvalue weighted by atomic mass is 32.2. The van der Waals surface area contributed by atoms with E-state index in [9.17, 15) is 9.00 Å². The van der Waals surface area contributed by atoms with E-state index >= 15 is 0 Å². The summed E-state index contributed by atoms with van der Waals surface area (Å²) in [6.45, 7) is 8.13. The zero-order valence-corrected chi connectivity index (χ0v) is 13.1. The van der Waals surface area contributed by atoms with Gasteiger partial charge in [0.25, 0.3) is 0 Å². The third-order valence-electron chi connectivity index (χ3n) is 3.46. The third kappa shape index (κ3) is 4.31. The second kappa shape index (κ2) is 8.01. The van der Waals surface area contributed by atoms with E-state index in [1.165, 1.54) is 0 Å². The van der Waals surface area contributed by atoms with Crippen LogP contribution in [0.5, 0.6) is 0 Å². The van der Waals surface area contributed by atoms with Crippen LogP contribution in [0.3, 0.4) is 0 Å². The van der Waals surface area contributed by atoms with Crippen LogP contribution in [0.4, 0.5) is 4.79 Å². The Morgan fingerprint density at radius 1 is 1.15 bits per heavy atom. The number of amides is 1. The lowest BCUT2D eigenvalue weighted by molar-refractivity contribution is -0.796. The molecule has 0 heterocycles. The molecule has 1 rings (SSSR count). The minimum absolute atomic E-state index is 0.175.